The molecule has 1 aliphatic carbocycles. The molecule has 5 rings (SSSR count). The number of sulfonamides is 1. The Balaban J connectivity index is 1.40. The quantitative estimate of drug-likeness (QED) is 0.294. The van der Waals surface area contributed by atoms with Crippen molar-refractivity contribution in [2.75, 3.05) is 10.8 Å². The Morgan fingerprint density at radius 3 is 2.44 bits per heavy atom. The number of rotatable bonds is 7. The minimum Gasteiger partial charge on any atom is -0.271 e. The summed E-state index contributed by atoms with van der Waals surface area (Å²) in [5.74, 6) is -1.45. The largest absolute Gasteiger partial charge is 0.271 e. The lowest BCUT2D eigenvalue weighted by atomic mass is 10.0. The molecule has 0 unspecified atom stereocenters. The molecule has 0 aromatic heterocycles. The van der Waals surface area contributed by atoms with E-state index in [4.69, 9.17) is 0 Å². The number of halogens is 1. The zero-order chi connectivity index (χ0) is 25.3. The van der Waals surface area contributed by atoms with Crippen molar-refractivity contribution in [3.63, 3.8) is 0 Å². The molecule has 4 aromatic rings. The van der Waals surface area contributed by atoms with Crippen LogP contribution in [0.3, 0.4) is 0 Å². The molecule has 6 nitrogen and oxygen atoms in total. The third-order valence-corrected chi connectivity index (χ3v) is 8.09. The van der Waals surface area contributed by atoms with Gasteiger partial charge in [-0.25, -0.2) is 18.2 Å². The fourth-order valence-electron chi connectivity index (χ4n) is 4.51. The van der Waals surface area contributed by atoms with Crippen LogP contribution in [0.25, 0.3) is 10.8 Å². The van der Waals surface area contributed by atoms with Crippen molar-refractivity contribution < 1.29 is 17.6 Å². The molecular weight excluding hydrogens is 477 g/mol. The first kappa shape index (κ1) is 23.7. The molecule has 4 aromatic carbocycles. The number of para-hydroxylation sites is 1. The molecule has 0 fully saturated rings. The van der Waals surface area contributed by atoms with Crippen LogP contribution in [0.1, 0.15) is 22.3 Å². The van der Waals surface area contributed by atoms with E-state index in [-0.39, 0.29) is 10.6 Å². The van der Waals surface area contributed by atoms with Gasteiger partial charge in [0.25, 0.3) is 15.9 Å². The fourth-order valence-corrected chi connectivity index (χ4v) is 5.94. The molecule has 1 aliphatic rings. The van der Waals surface area contributed by atoms with Crippen LogP contribution in [0.5, 0.6) is 0 Å². The number of benzene rings is 4. The maximum absolute atomic E-state index is 14.6. The predicted molar refractivity (Wildman–Crippen MR) is 139 cm³/mol. The number of hydrogen-bond donors (Lipinski definition) is 1. The molecule has 1 amide bonds. The Kier molecular flexibility index (Phi) is 6.28. The van der Waals surface area contributed by atoms with E-state index in [1.165, 1.54) is 46.8 Å². The van der Waals surface area contributed by atoms with Gasteiger partial charge in [0.05, 0.1) is 16.8 Å². The Labute approximate surface area is 209 Å². The van der Waals surface area contributed by atoms with Gasteiger partial charge in [0, 0.05) is 5.56 Å². The smallest absolute Gasteiger partial charge is 0.264 e. The van der Waals surface area contributed by atoms with Crippen molar-refractivity contribution in [1.82, 2.24) is 5.43 Å². The van der Waals surface area contributed by atoms with Crippen LogP contribution in [-0.4, -0.2) is 27.1 Å². The lowest BCUT2D eigenvalue weighted by Crippen LogP contribution is -2.40. The fraction of sp³-hybridized carbons (Fsp3) is 0.143. The van der Waals surface area contributed by atoms with Crippen molar-refractivity contribution >= 4 is 38.6 Å². The molecule has 0 spiro atoms. The van der Waals surface area contributed by atoms with Crippen LogP contribution in [0, 0.1) is 12.7 Å². The van der Waals surface area contributed by atoms with Gasteiger partial charge in [0.15, 0.2) is 0 Å². The van der Waals surface area contributed by atoms with Gasteiger partial charge in [-0.1, -0.05) is 60.2 Å². The highest BCUT2D eigenvalue weighted by molar-refractivity contribution is 7.92. The zero-order valence-corrected chi connectivity index (χ0v) is 20.4. The first-order chi connectivity index (χ1) is 17.3. The van der Waals surface area contributed by atoms with Crippen LogP contribution in [0.4, 0.5) is 10.1 Å². The van der Waals surface area contributed by atoms with Crippen molar-refractivity contribution in [3.05, 3.63) is 107 Å². The minimum absolute atomic E-state index is 0.0412. The van der Waals surface area contributed by atoms with E-state index < -0.39 is 28.3 Å². The summed E-state index contributed by atoms with van der Waals surface area (Å²) >= 11 is 0. The zero-order valence-electron chi connectivity index (χ0n) is 19.6. The van der Waals surface area contributed by atoms with E-state index >= 15 is 0 Å². The highest BCUT2D eigenvalue weighted by atomic mass is 32.2. The predicted octanol–water partition coefficient (Wildman–Crippen LogP) is 4.73. The molecule has 0 radical (unpaired) electrons. The van der Waals surface area contributed by atoms with E-state index in [0.29, 0.717) is 0 Å². The van der Waals surface area contributed by atoms with Gasteiger partial charge < -0.3 is 0 Å². The van der Waals surface area contributed by atoms with Crippen LogP contribution in [0.2, 0.25) is 0 Å². The number of aryl methyl sites for hydroxylation is 3. The van der Waals surface area contributed by atoms with E-state index in [0.717, 1.165) is 39.7 Å². The molecule has 1 N–H and O–H groups in total. The Hall–Kier alpha value is -4.04. The van der Waals surface area contributed by atoms with Crippen molar-refractivity contribution in [2.24, 2.45) is 5.10 Å². The highest BCUT2D eigenvalue weighted by Crippen LogP contribution is 2.32. The molecule has 0 atom stereocenters. The number of amides is 1. The van der Waals surface area contributed by atoms with Gasteiger partial charge in [0.2, 0.25) is 0 Å². The van der Waals surface area contributed by atoms with Crippen LogP contribution < -0.4 is 9.73 Å². The summed E-state index contributed by atoms with van der Waals surface area (Å²) in [5, 5.41) is 6.34. The Morgan fingerprint density at radius 2 is 1.69 bits per heavy atom. The van der Waals surface area contributed by atoms with E-state index in [1.54, 1.807) is 18.3 Å². The molecule has 0 heterocycles. The topological polar surface area (TPSA) is 78.8 Å². The van der Waals surface area contributed by atoms with Gasteiger partial charge in [-0.3, -0.25) is 9.10 Å². The maximum atomic E-state index is 14.6. The average Bonchev–Trinajstić information content (AvgIpc) is 3.29. The minimum atomic E-state index is -4.22. The van der Waals surface area contributed by atoms with E-state index in [1.807, 2.05) is 25.1 Å². The molecule has 8 heteroatoms. The number of hydrazone groups is 1. The normalized spacial score (nSPS) is 12.8. The monoisotopic (exact) mass is 501 g/mol. The first-order valence-electron chi connectivity index (χ1n) is 11.5. The molecule has 182 valence electrons. The second-order valence-corrected chi connectivity index (χ2v) is 10.6. The van der Waals surface area contributed by atoms with Gasteiger partial charge in [-0.05, 0) is 65.9 Å². The molecule has 0 saturated heterocycles. The van der Waals surface area contributed by atoms with Gasteiger partial charge in [0.1, 0.15) is 12.4 Å². The second-order valence-electron chi connectivity index (χ2n) is 8.72. The molecule has 0 bridgehead atoms. The van der Waals surface area contributed by atoms with Crippen molar-refractivity contribution in [3.8, 4) is 0 Å². The molecule has 0 aliphatic heterocycles. The first-order valence-corrected chi connectivity index (χ1v) is 13.0. The summed E-state index contributed by atoms with van der Waals surface area (Å²) < 4.78 is 42.2. The number of carbonyl (C=O) groups is 1. The number of hydrogen-bond acceptors (Lipinski definition) is 4. The highest BCUT2D eigenvalue weighted by Gasteiger charge is 2.29. The summed E-state index contributed by atoms with van der Waals surface area (Å²) in [6.07, 6.45) is 3.55. The van der Waals surface area contributed by atoms with Crippen LogP contribution >= 0.6 is 0 Å². The summed E-state index contributed by atoms with van der Waals surface area (Å²) in [7, 11) is -4.22. The Bertz CT molecular complexity index is 1590. The maximum Gasteiger partial charge on any atom is 0.264 e. The average molecular weight is 502 g/mol. The summed E-state index contributed by atoms with van der Waals surface area (Å²) in [4.78, 5) is 12.7. The number of nitrogens with one attached hydrogen (secondary N) is 1. The van der Waals surface area contributed by atoms with E-state index in [9.17, 15) is 17.6 Å². The molecule has 36 heavy (non-hydrogen) atoms. The van der Waals surface area contributed by atoms with E-state index in [2.05, 4.69) is 22.7 Å². The number of anilines is 1. The third kappa shape index (κ3) is 4.47. The van der Waals surface area contributed by atoms with Crippen molar-refractivity contribution in [1.29, 1.82) is 0 Å². The summed E-state index contributed by atoms with van der Waals surface area (Å²) in [6, 6.07) is 21.8. The number of carbonyl (C=O) groups excluding carboxylic acids is 1. The van der Waals surface area contributed by atoms with Crippen LogP contribution in [0.15, 0.2) is 88.9 Å². The molecule has 0 saturated carbocycles. The lowest BCUT2D eigenvalue weighted by molar-refractivity contribution is -0.119. The van der Waals surface area contributed by atoms with Crippen LogP contribution in [-0.2, 0) is 27.7 Å². The third-order valence-electron chi connectivity index (χ3n) is 6.32. The standard InChI is InChI=1S/C28H24FN3O3S/c1-19-9-15-23(16-10-19)36(34,35)32(26-8-3-2-7-25(26)29)18-27(33)31-30-17-22-14-13-21-12-11-20-5-4-6-24(22)28(20)21/h2-10,13-17H,11-12,18H2,1H3,(H,31,33). The van der Waals surface area contributed by atoms with Crippen molar-refractivity contribution in [2.45, 2.75) is 24.7 Å². The summed E-state index contributed by atoms with van der Waals surface area (Å²) in [5.41, 5.74) is 6.49. The molecular formula is C28H24FN3O3S. The second kappa shape index (κ2) is 9.54. The van der Waals surface area contributed by atoms with Gasteiger partial charge in [-0.2, -0.15) is 5.10 Å². The number of nitrogens with zero attached hydrogens (tertiary/aromatic N) is 2. The Morgan fingerprint density at radius 1 is 0.972 bits per heavy atom. The SMILES string of the molecule is Cc1ccc(S(=O)(=O)N(CC(=O)NN=Cc2ccc3c4c(cccc24)CC3)c2ccccc2F)cc1. The van der Waals surface area contributed by atoms with Gasteiger partial charge in [-0.15, -0.1) is 0 Å². The van der Waals surface area contributed by atoms with Gasteiger partial charge >= 0.3 is 0 Å². The summed E-state index contributed by atoms with van der Waals surface area (Å²) in [6.45, 7) is 1.19. The lowest BCUT2D eigenvalue weighted by Gasteiger charge is -2.24.